The van der Waals surface area contributed by atoms with Gasteiger partial charge in [0.15, 0.2) is 0 Å². The zero-order valence-corrected chi connectivity index (χ0v) is 17.5. The Hall–Kier alpha value is -2.38. The van der Waals surface area contributed by atoms with Crippen molar-refractivity contribution in [1.29, 1.82) is 0 Å². The molecule has 2 aromatic carbocycles. The summed E-state index contributed by atoms with van der Waals surface area (Å²) in [7, 11) is -2.33. The van der Waals surface area contributed by atoms with Crippen molar-refractivity contribution >= 4 is 21.6 Å². The number of amides is 1. The average molecular weight is 405 g/mol. The van der Waals surface area contributed by atoms with Crippen LogP contribution in [0.1, 0.15) is 32.8 Å². The Morgan fingerprint density at radius 1 is 1.11 bits per heavy atom. The number of rotatable bonds is 9. The van der Waals surface area contributed by atoms with E-state index in [-0.39, 0.29) is 16.7 Å². The molecule has 152 valence electrons. The normalized spacial score (nSPS) is 12.6. The minimum atomic E-state index is -3.85. The lowest BCUT2D eigenvalue weighted by molar-refractivity contribution is -0.118. The van der Waals surface area contributed by atoms with Crippen molar-refractivity contribution in [2.24, 2.45) is 5.92 Å². The number of anilines is 1. The van der Waals surface area contributed by atoms with Crippen LogP contribution in [0, 0.1) is 5.92 Å². The molecule has 0 fully saturated rings. The van der Waals surface area contributed by atoms with E-state index in [1.807, 2.05) is 39.0 Å². The minimum Gasteiger partial charge on any atom is -0.497 e. The van der Waals surface area contributed by atoms with Crippen LogP contribution in [0.4, 0.5) is 5.69 Å². The van der Waals surface area contributed by atoms with E-state index in [1.54, 1.807) is 18.2 Å². The van der Waals surface area contributed by atoms with Crippen LogP contribution >= 0.6 is 0 Å². The third-order valence-corrected chi connectivity index (χ3v) is 5.78. The Bertz CT molecular complexity index is 893. The molecule has 0 aliphatic heterocycles. The molecule has 28 heavy (non-hydrogen) atoms. The Labute approximate surface area is 167 Å². The van der Waals surface area contributed by atoms with Gasteiger partial charge in [0, 0.05) is 5.69 Å². The van der Waals surface area contributed by atoms with Crippen molar-refractivity contribution in [1.82, 2.24) is 4.72 Å². The average Bonchev–Trinajstić information content (AvgIpc) is 2.67. The van der Waals surface area contributed by atoms with Gasteiger partial charge in [-0.25, -0.2) is 8.42 Å². The van der Waals surface area contributed by atoms with E-state index in [2.05, 4.69) is 10.0 Å². The van der Waals surface area contributed by atoms with Gasteiger partial charge >= 0.3 is 0 Å². The van der Waals surface area contributed by atoms with E-state index >= 15 is 0 Å². The molecular weight excluding hydrogens is 376 g/mol. The number of methoxy groups -OCH3 is 1. The quantitative estimate of drug-likeness (QED) is 0.669. The smallest absolute Gasteiger partial charge is 0.242 e. The number of nitrogens with one attached hydrogen (secondary N) is 2. The highest BCUT2D eigenvalue weighted by molar-refractivity contribution is 7.89. The zero-order valence-electron chi connectivity index (χ0n) is 16.7. The molecule has 0 saturated carbocycles. The SMILES string of the molecule is CCc1cccc(NC(=O)[C@H](CC(C)C)NS(=O)(=O)c2ccc(OC)cc2)c1. The summed E-state index contributed by atoms with van der Waals surface area (Å²) in [6.07, 6.45) is 1.23. The summed E-state index contributed by atoms with van der Waals surface area (Å²) in [4.78, 5) is 12.9. The van der Waals surface area contributed by atoms with Crippen molar-refractivity contribution in [2.45, 2.75) is 44.6 Å². The fourth-order valence-corrected chi connectivity index (χ4v) is 4.00. The molecule has 2 aromatic rings. The van der Waals surface area contributed by atoms with E-state index in [9.17, 15) is 13.2 Å². The van der Waals surface area contributed by atoms with Gasteiger partial charge in [0.1, 0.15) is 11.8 Å². The molecule has 0 heterocycles. The molecular formula is C21H28N2O4S. The molecule has 0 aliphatic carbocycles. The third kappa shape index (κ3) is 6.07. The van der Waals surface area contributed by atoms with E-state index in [0.29, 0.717) is 17.9 Å². The van der Waals surface area contributed by atoms with Crippen molar-refractivity contribution in [3.63, 3.8) is 0 Å². The monoisotopic (exact) mass is 404 g/mol. The van der Waals surface area contributed by atoms with Gasteiger partial charge in [-0.1, -0.05) is 32.9 Å². The first-order valence-electron chi connectivity index (χ1n) is 9.31. The molecule has 0 spiro atoms. The standard InChI is InChI=1S/C21H28N2O4S/c1-5-16-7-6-8-17(14-16)22-21(24)20(13-15(2)3)23-28(25,26)19-11-9-18(27-4)10-12-19/h6-12,14-15,20,23H,5,13H2,1-4H3,(H,22,24)/t20-/m0/s1. The highest BCUT2D eigenvalue weighted by Gasteiger charge is 2.26. The number of ether oxygens (including phenoxy) is 1. The molecule has 1 atom stereocenters. The van der Waals surface area contributed by atoms with Crippen molar-refractivity contribution < 1.29 is 17.9 Å². The number of carbonyl (C=O) groups is 1. The number of aryl methyl sites for hydroxylation is 1. The minimum absolute atomic E-state index is 0.0860. The lowest BCUT2D eigenvalue weighted by Gasteiger charge is -2.20. The highest BCUT2D eigenvalue weighted by Crippen LogP contribution is 2.18. The van der Waals surface area contributed by atoms with Crippen LogP contribution in [0.3, 0.4) is 0 Å². The summed E-state index contributed by atoms with van der Waals surface area (Å²) >= 11 is 0. The van der Waals surface area contributed by atoms with Gasteiger partial charge in [0.25, 0.3) is 0 Å². The first-order chi connectivity index (χ1) is 13.2. The van der Waals surface area contributed by atoms with E-state index < -0.39 is 16.1 Å². The predicted molar refractivity (Wildman–Crippen MR) is 111 cm³/mol. The van der Waals surface area contributed by atoms with Crippen LogP contribution in [0.5, 0.6) is 5.75 Å². The van der Waals surface area contributed by atoms with Crippen LogP contribution in [-0.2, 0) is 21.2 Å². The maximum absolute atomic E-state index is 12.8. The number of sulfonamides is 1. The maximum atomic E-state index is 12.8. The van der Waals surface area contributed by atoms with Gasteiger partial charge in [-0.2, -0.15) is 4.72 Å². The van der Waals surface area contributed by atoms with Crippen LogP contribution in [0.15, 0.2) is 53.4 Å². The first kappa shape index (κ1) is 21.9. The van der Waals surface area contributed by atoms with Gasteiger partial charge in [0.05, 0.1) is 12.0 Å². The summed E-state index contributed by atoms with van der Waals surface area (Å²) in [5.74, 6) is 0.321. The highest BCUT2D eigenvalue weighted by atomic mass is 32.2. The van der Waals surface area contributed by atoms with Gasteiger partial charge in [-0.3, -0.25) is 4.79 Å². The van der Waals surface area contributed by atoms with Gasteiger partial charge in [-0.15, -0.1) is 0 Å². The lowest BCUT2D eigenvalue weighted by Crippen LogP contribution is -2.44. The molecule has 0 radical (unpaired) electrons. The van der Waals surface area contributed by atoms with E-state index in [0.717, 1.165) is 12.0 Å². The lowest BCUT2D eigenvalue weighted by atomic mass is 10.0. The molecule has 0 bridgehead atoms. The summed E-state index contributed by atoms with van der Waals surface area (Å²) < 4.78 is 33.1. The van der Waals surface area contributed by atoms with Crippen molar-refractivity contribution in [3.05, 3.63) is 54.1 Å². The summed E-state index contributed by atoms with van der Waals surface area (Å²) in [5.41, 5.74) is 1.75. The van der Waals surface area contributed by atoms with E-state index in [4.69, 9.17) is 4.74 Å². The fourth-order valence-electron chi connectivity index (χ4n) is 2.79. The maximum Gasteiger partial charge on any atom is 0.242 e. The van der Waals surface area contributed by atoms with Gasteiger partial charge in [0.2, 0.25) is 15.9 Å². The van der Waals surface area contributed by atoms with Crippen LogP contribution in [0.25, 0.3) is 0 Å². The van der Waals surface area contributed by atoms with Gasteiger partial charge in [-0.05, 0) is 60.7 Å². The Kier molecular flexibility index (Phi) is 7.60. The third-order valence-electron chi connectivity index (χ3n) is 4.29. The molecule has 0 saturated heterocycles. The number of hydrogen-bond donors (Lipinski definition) is 2. The number of hydrogen-bond acceptors (Lipinski definition) is 4. The Balaban J connectivity index is 2.20. The number of carbonyl (C=O) groups excluding carboxylic acids is 1. The van der Waals surface area contributed by atoms with E-state index in [1.165, 1.54) is 19.2 Å². The van der Waals surface area contributed by atoms with Crippen molar-refractivity contribution in [3.8, 4) is 5.75 Å². The Morgan fingerprint density at radius 3 is 2.36 bits per heavy atom. The summed E-state index contributed by atoms with van der Waals surface area (Å²) in [5, 5.41) is 2.83. The largest absolute Gasteiger partial charge is 0.497 e. The predicted octanol–water partition coefficient (Wildman–Crippen LogP) is 3.59. The second-order valence-electron chi connectivity index (χ2n) is 7.02. The fraction of sp³-hybridized carbons (Fsp3) is 0.381. The van der Waals surface area contributed by atoms with Crippen LogP contribution in [0.2, 0.25) is 0 Å². The zero-order chi connectivity index (χ0) is 20.7. The Morgan fingerprint density at radius 2 is 1.79 bits per heavy atom. The topological polar surface area (TPSA) is 84.5 Å². The number of benzene rings is 2. The molecule has 6 nitrogen and oxygen atoms in total. The molecule has 2 rings (SSSR count). The molecule has 0 aromatic heterocycles. The van der Waals surface area contributed by atoms with Crippen LogP contribution < -0.4 is 14.8 Å². The molecule has 0 unspecified atom stereocenters. The second-order valence-corrected chi connectivity index (χ2v) is 8.74. The molecule has 0 aliphatic rings. The molecule has 7 heteroatoms. The molecule has 2 N–H and O–H groups in total. The van der Waals surface area contributed by atoms with Crippen LogP contribution in [-0.4, -0.2) is 27.5 Å². The molecule has 1 amide bonds. The second kappa shape index (κ2) is 9.71. The summed E-state index contributed by atoms with van der Waals surface area (Å²) in [6.45, 7) is 5.92. The van der Waals surface area contributed by atoms with Crippen molar-refractivity contribution in [2.75, 3.05) is 12.4 Å². The first-order valence-corrected chi connectivity index (χ1v) is 10.8. The van der Waals surface area contributed by atoms with Gasteiger partial charge < -0.3 is 10.1 Å². The summed E-state index contributed by atoms with van der Waals surface area (Å²) in [6, 6.07) is 12.7.